The molecular formula is C38H47N5O2. The van der Waals surface area contributed by atoms with E-state index >= 15 is 0 Å². The lowest BCUT2D eigenvalue weighted by Gasteiger charge is -2.12. The third-order valence-corrected chi connectivity index (χ3v) is 9.46. The van der Waals surface area contributed by atoms with E-state index in [1.165, 1.54) is 22.3 Å². The summed E-state index contributed by atoms with van der Waals surface area (Å²) >= 11 is 0. The Hall–Kier alpha value is -4.26. The molecule has 2 amide bonds. The molecule has 0 fully saturated rings. The number of rotatable bonds is 10. The van der Waals surface area contributed by atoms with Crippen LogP contribution in [0.5, 0.6) is 0 Å². The number of H-pyrrole nitrogens is 1. The van der Waals surface area contributed by atoms with Crippen molar-refractivity contribution in [1.29, 1.82) is 0 Å². The number of amides is 2. The minimum Gasteiger partial charge on any atom is -0.355 e. The molecular weight excluding hydrogens is 558 g/mol. The fraction of sp³-hybridized carbons (Fsp3) is 0.421. The second-order valence-corrected chi connectivity index (χ2v) is 11.6. The molecule has 0 aliphatic carbocycles. The van der Waals surface area contributed by atoms with Crippen molar-refractivity contribution in [3.05, 3.63) is 68.3 Å². The first-order valence-corrected chi connectivity index (χ1v) is 16.8. The van der Waals surface area contributed by atoms with Crippen molar-refractivity contribution < 1.29 is 9.59 Å². The third-order valence-electron chi connectivity index (χ3n) is 9.46. The summed E-state index contributed by atoms with van der Waals surface area (Å²) in [5.41, 5.74) is 16.3. The second kappa shape index (κ2) is 13.4. The van der Waals surface area contributed by atoms with Crippen molar-refractivity contribution in [2.24, 2.45) is 0 Å². The highest BCUT2D eigenvalue weighted by molar-refractivity contribution is 6.11. The lowest BCUT2D eigenvalue weighted by Crippen LogP contribution is -2.23. The fourth-order valence-corrected chi connectivity index (χ4v) is 7.58. The van der Waals surface area contributed by atoms with Gasteiger partial charge in [-0.1, -0.05) is 48.5 Å². The number of aromatic amines is 1. The van der Waals surface area contributed by atoms with Crippen LogP contribution in [-0.4, -0.2) is 31.8 Å². The van der Waals surface area contributed by atoms with Gasteiger partial charge in [0.15, 0.2) is 0 Å². The fourth-order valence-electron chi connectivity index (χ4n) is 7.58. The van der Waals surface area contributed by atoms with Crippen molar-refractivity contribution in [2.45, 2.75) is 107 Å². The number of allylic oxidation sites excluding steroid dienone is 2. The minimum absolute atomic E-state index is 0.422. The number of imide groups is 1. The zero-order valence-electron chi connectivity index (χ0n) is 28.2. The molecule has 2 N–H and O–H groups in total. The summed E-state index contributed by atoms with van der Waals surface area (Å²) in [6, 6.07) is 4.32. The second-order valence-electron chi connectivity index (χ2n) is 11.6. The molecule has 0 unspecified atom stereocenters. The van der Waals surface area contributed by atoms with Gasteiger partial charge in [0, 0.05) is 28.7 Å². The van der Waals surface area contributed by atoms with Crippen molar-refractivity contribution >= 4 is 57.7 Å². The lowest BCUT2D eigenvalue weighted by molar-refractivity contribution is -0.108. The van der Waals surface area contributed by atoms with Crippen LogP contribution in [0.15, 0.2) is 12.1 Å². The van der Waals surface area contributed by atoms with Crippen LogP contribution in [0.25, 0.3) is 45.4 Å². The topological polar surface area (TPSA) is 92.7 Å². The van der Waals surface area contributed by atoms with Gasteiger partial charge >= 0.3 is 0 Å². The largest absolute Gasteiger partial charge is 0.355 e. The standard InChI is InChI=1S/C38H47N5O2/c1-9-24-26(11-3)34-30(15-7)35-27(12-4)28(13-5)36(42-35)33(38(45)39-21-44)37-29(14-6)25(10-2)32(43(37)16-8)20-23-18-17-22(40-23)19-31(24)41-34/h17-21,41H,9-16H2,1-8H3,(H,39,44,45). The predicted molar refractivity (Wildman–Crippen MR) is 187 cm³/mol. The molecule has 45 heavy (non-hydrogen) atoms. The van der Waals surface area contributed by atoms with Crippen molar-refractivity contribution in [3.63, 3.8) is 0 Å². The molecule has 0 saturated carbocycles. The van der Waals surface area contributed by atoms with Gasteiger partial charge in [-0.2, -0.15) is 0 Å². The van der Waals surface area contributed by atoms with Crippen LogP contribution in [-0.2, 0) is 43.4 Å². The summed E-state index contributed by atoms with van der Waals surface area (Å²) < 4.78 is 2.23. The molecule has 0 aromatic carbocycles. The number of nitrogens with one attached hydrogen (secondary N) is 2. The molecule has 2 aliphatic heterocycles. The molecule has 0 atom stereocenters. The van der Waals surface area contributed by atoms with Gasteiger partial charge < -0.3 is 9.55 Å². The monoisotopic (exact) mass is 605 g/mol. The molecule has 3 aromatic rings. The van der Waals surface area contributed by atoms with E-state index in [9.17, 15) is 9.59 Å². The molecule has 7 heteroatoms. The Bertz CT molecular complexity index is 1900. The molecule has 8 bridgehead atoms. The first-order chi connectivity index (χ1) is 21.8. The molecule has 3 aromatic heterocycles. The molecule has 2 aliphatic rings. The minimum atomic E-state index is -0.422. The van der Waals surface area contributed by atoms with Gasteiger partial charge in [-0.25, -0.2) is 9.97 Å². The van der Waals surface area contributed by atoms with Gasteiger partial charge in [0.25, 0.3) is 5.91 Å². The Kier molecular flexibility index (Phi) is 9.56. The molecule has 0 radical (unpaired) electrons. The zero-order valence-corrected chi connectivity index (χ0v) is 28.2. The Morgan fingerprint density at radius 3 is 1.89 bits per heavy atom. The molecule has 0 spiro atoms. The summed E-state index contributed by atoms with van der Waals surface area (Å²) in [6.45, 7) is 18.0. The average molecular weight is 606 g/mol. The molecule has 5 rings (SSSR count). The van der Waals surface area contributed by atoms with Gasteiger partial charge in [-0.05, 0) is 110 Å². The predicted octanol–water partition coefficient (Wildman–Crippen LogP) is 8.41. The maximum Gasteiger partial charge on any atom is 0.261 e. The van der Waals surface area contributed by atoms with Crippen LogP contribution < -0.4 is 5.32 Å². The van der Waals surface area contributed by atoms with E-state index in [4.69, 9.17) is 9.97 Å². The highest BCUT2D eigenvalue weighted by Gasteiger charge is 2.29. The number of nitrogens with zero attached hydrogens (tertiary/aromatic N) is 3. The van der Waals surface area contributed by atoms with E-state index in [0.717, 1.165) is 101 Å². The number of carbonyl (C=O) groups excluding carboxylic acids is 2. The van der Waals surface area contributed by atoms with Crippen molar-refractivity contribution in [3.8, 4) is 0 Å². The summed E-state index contributed by atoms with van der Waals surface area (Å²) in [7, 11) is 0. The highest BCUT2D eigenvalue weighted by Crippen LogP contribution is 2.41. The normalized spacial score (nSPS) is 12.7. The number of aromatic nitrogens is 4. The van der Waals surface area contributed by atoms with Crippen LogP contribution >= 0.6 is 0 Å². The van der Waals surface area contributed by atoms with Crippen LogP contribution in [0.3, 0.4) is 0 Å². The SMILES string of the molecule is CCC1=C(CC)c2nc1c(CC)c1[nH]c(cc3nc(cc4c(CC)c(CC)c(c2C(=O)NC=O)n4CC)C=C3)c(CC)c1CC. The Morgan fingerprint density at radius 2 is 1.33 bits per heavy atom. The Morgan fingerprint density at radius 1 is 0.733 bits per heavy atom. The number of aryl methyl sites for hydroxylation is 6. The number of hydrogen-bond acceptors (Lipinski definition) is 4. The number of fused-ring (bicyclic) bond motifs is 8. The number of carbonyl (C=O) groups is 2. The molecule has 236 valence electrons. The third kappa shape index (κ3) is 5.26. The molecule has 0 saturated heterocycles. The molecule has 7 nitrogen and oxygen atoms in total. The highest BCUT2D eigenvalue weighted by atomic mass is 16.2. The van der Waals surface area contributed by atoms with Gasteiger partial charge in [0.05, 0.1) is 33.9 Å². The van der Waals surface area contributed by atoms with E-state index in [-0.39, 0.29) is 0 Å². The van der Waals surface area contributed by atoms with Crippen molar-refractivity contribution in [1.82, 2.24) is 24.8 Å². The van der Waals surface area contributed by atoms with Gasteiger partial charge in [-0.15, -0.1) is 0 Å². The van der Waals surface area contributed by atoms with Gasteiger partial charge in [0.1, 0.15) is 0 Å². The van der Waals surface area contributed by atoms with Crippen LogP contribution in [0, 0.1) is 0 Å². The lowest BCUT2D eigenvalue weighted by atomic mass is 9.93. The van der Waals surface area contributed by atoms with Crippen LogP contribution in [0.2, 0.25) is 0 Å². The molecule has 5 heterocycles. The zero-order chi connectivity index (χ0) is 32.4. The van der Waals surface area contributed by atoms with Gasteiger partial charge in [0.2, 0.25) is 6.41 Å². The Balaban J connectivity index is 2.20. The van der Waals surface area contributed by atoms with Crippen LogP contribution in [0.4, 0.5) is 0 Å². The first-order valence-electron chi connectivity index (χ1n) is 16.8. The summed E-state index contributed by atoms with van der Waals surface area (Å²) in [5.74, 6) is -0.422. The van der Waals surface area contributed by atoms with E-state index in [1.807, 2.05) is 0 Å². The quantitative estimate of drug-likeness (QED) is 0.178. The smallest absolute Gasteiger partial charge is 0.261 e. The maximum atomic E-state index is 14.1. The van der Waals surface area contributed by atoms with E-state index < -0.39 is 5.91 Å². The average Bonchev–Trinajstić information content (AvgIpc) is 3.80. The van der Waals surface area contributed by atoms with Gasteiger partial charge in [-0.3, -0.25) is 14.9 Å². The summed E-state index contributed by atoms with van der Waals surface area (Å²) in [5, 5.41) is 2.51. The maximum absolute atomic E-state index is 14.1. The number of hydrogen-bond donors (Lipinski definition) is 2. The summed E-state index contributed by atoms with van der Waals surface area (Å²) in [4.78, 5) is 40.2. The van der Waals surface area contributed by atoms with E-state index in [1.54, 1.807) is 0 Å². The van der Waals surface area contributed by atoms with Crippen molar-refractivity contribution in [2.75, 3.05) is 0 Å². The van der Waals surface area contributed by atoms with Crippen LogP contribution in [0.1, 0.15) is 129 Å². The first kappa shape index (κ1) is 32.1. The van der Waals surface area contributed by atoms with E-state index in [2.05, 4.69) is 94.5 Å². The Labute approximate surface area is 266 Å². The van der Waals surface area contributed by atoms with E-state index in [0.29, 0.717) is 24.2 Å². The summed E-state index contributed by atoms with van der Waals surface area (Å²) in [6.07, 6.45) is 10.3.